The maximum Gasteiger partial charge on any atom is 0.330 e. The number of nitrogens with zero attached hydrogens (tertiary/aromatic N) is 3. The van der Waals surface area contributed by atoms with Gasteiger partial charge >= 0.3 is 5.69 Å². The molecule has 2 aromatic rings. The second-order valence-corrected chi connectivity index (χ2v) is 7.35. The number of fused-ring (bicyclic) bond motifs is 1. The molecule has 114 valence electrons. The van der Waals surface area contributed by atoms with Gasteiger partial charge in [-0.15, -0.1) is 0 Å². The smallest absolute Gasteiger partial charge is 0.330 e. The molecule has 2 heterocycles. The van der Waals surface area contributed by atoms with E-state index in [1.54, 1.807) is 11.6 Å². The van der Waals surface area contributed by atoms with E-state index in [0.29, 0.717) is 18.4 Å². The lowest BCUT2D eigenvalue weighted by molar-refractivity contribution is 0.273. The van der Waals surface area contributed by atoms with Crippen molar-refractivity contribution in [3.63, 3.8) is 0 Å². The van der Waals surface area contributed by atoms with Crippen molar-refractivity contribution >= 4 is 11.2 Å². The van der Waals surface area contributed by atoms with E-state index >= 15 is 0 Å². The van der Waals surface area contributed by atoms with Crippen molar-refractivity contribution in [2.75, 3.05) is 6.61 Å². The van der Waals surface area contributed by atoms with E-state index < -0.39 is 0 Å². The zero-order chi connectivity index (χ0) is 15.4. The van der Waals surface area contributed by atoms with Crippen LogP contribution in [0.3, 0.4) is 0 Å². The van der Waals surface area contributed by atoms with Gasteiger partial charge in [-0.1, -0.05) is 20.8 Å². The molecule has 1 N–H and O–H groups in total. The average molecular weight is 289 g/mol. The van der Waals surface area contributed by atoms with Gasteiger partial charge in [0.25, 0.3) is 0 Å². The normalized spacial score (nSPS) is 22.0. The summed E-state index contributed by atoms with van der Waals surface area (Å²) in [5, 5.41) is 9.19. The van der Waals surface area contributed by atoms with E-state index in [2.05, 4.69) is 25.8 Å². The topological polar surface area (TPSA) is 60.0 Å². The Morgan fingerprint density at radius 2 is 2.10 bits per heavy atom. The minimum Gasteiger partial charge on any atom is -0.396 e. The maximum atomic E-state index is 12.4. The van der Waals surface area contributed by atoms with Gasteiger partial charge in [0.15, 0.2) is 5.65 Å². The SMILES string of the molecule is Cn1c(=O)n(CC(C)(C)C)c2ccc(C3C[C@H]3CO)nc21. The van der Waals surface area contributed by atoms with Crippen LogP contribution in [0.4, 0.5) is 0 Å². The highest BCUT2D eigenvalue weighted by molar-refractivity contribution is 5.72. The predicted molar refractivity (Wildman–Crippen MR) is 82.4 cm³/mol. The van der Waals surface area contributed by atoms with Crippen LogP contribution in [0.5, 0.6) is 0 Å². The first-order valence-corrected chi connectivity index (χ1v) is 7.49. The monoisotopic (exact) mass is 289 g/mol. The lowest BCUT2D eigenvalue weighted by Crippen LogP contribution is -2.27. The van der Waals surface area contributed by atoms with E-state index in [9.17, 15) is 9.90 Å². The number of aliphatic hydroxyl groups excluding tert-OH is 1. The van der Waals surface area contributed by atoms with Crippen molar-refractivity contribution in [3.8, 4) is 0 Å². The third-order valence-corrected chi connectivity index (χ3v) is 4.17. The Morgan fingerprint density at radius 3 is 2.67 bits per heavy atom. The summed E-state index contributed by atoms with van der Waals surface area (Å²) >= 11 is 0. The molecule has 1 aliphatic rings. The summed E-state index contributed by atoms with van der Waals surface area (Å²) in [5.74, 6) is 0.684. The lowest BCUT2D eigenvalue weighted by atomic mass is 9.97. The van der Waals surface area contributed by atoms with Gasteiger partial charge in [0.05, 0.1) is 5.52 Å². The third-order valence-electron chi connectivity index (χ3n) is 4.17. The van der Waals surface area contributed by atoms with Crippen LogP contribution in [-0.2, 0) is 13.6 Å². The van der Waals surface area contributed by atoms with Crippen molar-refractivity contribution in [3.05, 3.63) is 28.3 Å². The summed E-state index contributed by atoms with van der Waals surface area (Å²) in [7, 11) is 1.77. The fourth-order valence-corrected chi connectivity index (χ4v) is 2.93. The molecular weight excluding hydrogens is 266 g/mol. The molecule has 5 nitrogen and oxygen atoms in total. The van der Waals surface area contributed by atoms with E-state index in [-0.39, 0.29) is 17.7 Å². The molecule has 21 heavy (non-hydrogen) atoms. The summed E-state index contributed by atoms with van der Waals surface area (Å²) in [6.45, 7) is 7.25. The van der Waals surface area contributed by atoms with Crippen molar-refractivity contribution in [1.29, 1.82) is 0 Å². The number of aryl methyl sites for hydroxylation is 1. The Balaban J connectivity index is 2.07. The average Bonchev–Trinajstić information content (AvgIpc) is 3.17. The fourth-order valence-electron chi connectivity index (χ4n) is 2.93. The molecule has 0 saturated heterocycles. The van der Waals surface area contributed by atoms with Crippen LogP contribution in [0.1, 0.15) is 38.8 Å². The molecule has 1 aliphatic carbocycles. The Kier molecular flexibility index (Phi) is 3.20. The number of hydrogen-bond donors (Lipinski definition) is 1. The zero-order valence-electron chi connectivity index (χ0n) is 13.1. The summed E-state index contributed by atoms with van der Waals surface area (Å²) < 4.78 is 3.43. The summed E-state index contributed by atoms with van der Waals surface area (Å²) in [5.41, 5.74) is 2.65. The molecule has 1 fully saturated rings. The molecule has 3 rings (SSSR count). The summed E-state index contributed by atoms with van der Waals surface area (Å²) in [4.78, 5) is 17.1. The second-order valence-electron chi connectivity index (χ2n) is 7.35. The molecule has 2 atom stereocenters. The van der Waals surface area contributed by atoms with Gasteiger partial charge in [0, 0.05) is 31.8 Å². The summed E-state index contributed by atoms with van der Waals surface area (Å²) in [6, 6.07) is 4.00. The first-order valence-electron chi connectivity index (χ1n) is 7.49. The van der Waals surface area contributed by atoms with Crippen LogP contribution in [-0.4, -0.2) is 25.8 Å². The number of aliphatic hydroxyl groups is 1. The van der Waals surface area contributed by atoms with Crippen molar-refractivity contribution in [2.24, 2.45) is 18.4 Å². The highest BCUT2D eigenvalue weighted by atomic mass is 16.3. The molecule has 0 bridgehead atoms. The van der Waals surface area contributed by atoms with Crippen molar-refractivity contribution < 1.29 is 5.11 Å². The molecule has 1 saturated carbocycles. The molecule has 1 unspecified atom stereocenters. The van der Waals surface area contributed by atoms with Gasteiger partial charge in [0.2, 0.25) is 0 Å². The largest absolute Gasteiger partial charge is 0.396 e. The molecule has 0 radical (unpaired) electrons. The zero-order valence-corrected chi connectivity index (χ0v) is 13.1. The Labute approximate surface area is 124 Å². The first-order chi connectivity index (χ1) is 9.81. The molecule has 0 aliphatic heterocycles. The van der Waals surface area contributed by atoms with Crippen LogP contribution in [0.15, 0.2) is 16.9 Å². The first kappa shape index (κ1) is 14.3. The summed E-state index contributed by atoms with van der Waals surface area (Å²) in [6.07, 6.45) is 0.992. The standard InChI is InChI=1S/C16H23N3O2/c1-16(2,3)9-19-13-6-5-12(11-7-10(11)8-20)17-14(13)18(4)15(19)21/h5-6,10-11,20H,7-9H2,1-4H3/t10-,11?/m0/s1. The van der Waals surface area contributed by atoms with Crippen LogP contribution >= 0.6 is 0 Å². The molecule has 0 aromatic carbocycles. The highest BCUT2D eigenvalue weighted by Crippen LogP contribution is 2.46. The molecular formula is C16H23N3O2. The van der Waals surface area contributed by atoms with Gasteiger partial charge in [-0.25, -0.2) is 9.78 Å². The van der Waals surface area contributed by atoms with Gasteiger partial charge in [-0.3, -0.25) is 9.13 Å². The van der Waals surface area contributed by atoms with E-state index in [4.69, 9.17) is 0 Å². The second kappa shape index (κ2) is 4.70. The van der Waals surface area contributed by atoms with Crippen LogP contribution in [0.25, 0.3) is 11.2 Å². The number of aromatic nitrogens is 3. The van der Waals surface area contributed by atoms with Crippen molar-refractivity contribution in [1.82, 2.24) is 14.1 Å². The van der Waals surface area contributed by atoms with Gasteiger partial charge in [-0.05, 0) is 29.9 Å². The number of pyridine rings is 1. The minimum absolute atomic E-state index is 0.0147. The highest BCUT2D eigenvalue weighted by Gasteiger charge is 2.39. The van der Waals surface area contributed by atoms with Gasteiger partial charge < -0.3 is 5.11 Å². The molecule has 2 aromatic heterocycles. The van der Waals surface area contributed by atoms with Gasteiger partial charge in [0.1, 0.15) is 0 Å². The van der Waals surface area contributed by atoms with Gasteiger partial charge in [-0.2, -0.15) is 0 Å². The fraction of sp³-hybridized carbons (Fsp3) is 0.625. The molecule has 0 amide bonds. The number of imidazole rings is 1. The van der Waals surface area contributed by atoms with Crippen LogP contribution < -0.4 is 5.69 Å². The van der Waals surface area contributed by atoms with Crippen LogP contribution in [0, 0.1) is 11.3 Å². The minimum atomic E-state index is -0.0147. The van der Waals surface area contributed by atoms with E-state index in [0.717, 1.165) is 23.3 Å². The van der Waals surface area contributed by atoms with Crippen molar-refractivity contribution in [2.45, 2.75) is 39.7 Å². The van der Waals surface area contributed by atoms with E-state index in [1.807, 2.05) is 16.7 Å². The maximum absolute atomic E-state index is 12.4. The predicted octanol–water partition coefficient (Wildman–Crippen LogP) is 1.88. The van der Waals surface area contributed by atoms with E-state index in [1.165, 1.54) is 0 Å². The number of rotatable bonds is 3. The Bertz CT molecular complexity index is 736. The van der Waals surface area contributed by atoms with Crippen LogP contribution in [0.2, 0.25) is 0 Å². The molecule has 5 heteroatoms. The Morgan fingerprint density at radius 1 is 1.38 bits per heavy atom. The lowest BCUT2D eigenvalue weighted by Gasteiger charge is -2.18. The molecule has 0 spiro atoms. The number of hydrogen-bond acceptors (Lipinski definition) is 3. The quantitative estimate of drug-likeness (QED) is 0.938. The Hall–Kier alpha value is -1.62. The third kappa shape index (κ3) is 2.50.